The van der Waals surface area contributed by atoms with E-state index in [0.29, 0.717) is 38.0 Å². The molecule has 1 atom stereocenters. The molecule has 1 aromatic carbocycles. The first-order valence-corrected chi connectivity index (χ1v) is 9.57. The predicted molar refractivity (Wildman–Crippen MR) is 106 cm³/mol. The van der Waals surface area contributed by atoms with E-state index >= 15 is 0 Å². The summed E-state index contributed by atoms with van der Waals surface area (Å²) in [5, 5.41) is 0. The average molecular weight is 382 g/mol. The Morgan fingerprint density at radius 2 is 2.07 bits per heavy atom. The molecule has 1 saturated heterocycles. The average Bonchev–Trinajstić information content (AvgIpc) is 3.12. The molecule has 0 N–H and O–H groups in total. The van der Waals surface area contributed by atoms with Crippen molar-refractivity contribution in [3.63, 3.8) is 0 Å². The minimum Gasteiger partial charge on any atom is -0.484 e. The molecule has 1 spiro atoms. The molecular weight excluding hydrogens is 356 g/mol. The number of anilines is 1. The molecule has 1 amide bonds. The summed E-state index contributed by atoms with van der Waals surface area (Å²) in [5.74, 6) is 1.40. The summed E-state index contributed by atoms with van der Waals surface area (Å²) in [5.41, 5.74) is 2.78. The lowest BCUT2D eigenvalue weighted by Crippen LogP contribution is -2.43. The number of carbonyl (C=O) groups excluding carboxylic acids is 1. The van der Waals surface area contributed by atoms with Crippen molar-refractivity contribution < 1.29 is 14.3 Å². The normalized spacial score (nSPS) is 20.9. The van der Waals surface area contributed by atoms with Crippen LogP contribution in [0.25, 0.3) is 0 Å². The van der Waals surface area contributed by atoms with E-state index in [1.54, 1.807) is 0 Å². The lowest BCUT2D eigenvalue weighted by atomic mass is 9.80. The number of fused-ring (bicyclic) bond motifs is 2. The van der Waals surface area contributed by atoms with Crippen molar-refractivity contribution in [3.05, 3.63) is 47.3 Å². The van der Waals surface area contributed by atoms with Crippen LogP contribution in [0.3, 0.4) is 0 Å². The molecule has 0 radical (unpaired) electrons. The molecule has 0 unspecified atom stereocenters. The summed E-state index contributed by atoms with van der Waals surface area (Å²) in [6, 6.07) is 9.42. The number of carbonyl (C=O) groups is 1. The minimum atomic E-state index is -0.269. The van der Waals surface area contributed by atoms with Gasteiger partial charge in [-0.05, 0) is 25.5 Å². The van der Waals surface area contributed by atoms with Crippen LogP contribution in [-0.4, -0.2) is 61.2 Å². The number of aromatic nitrogens is 2. The van der Waals surface area contributed by atoms with Crippen molar-refractivity contribution in [1.82, 2.24) is 14.9 Å². The van der Waals surface area contributed by atoms with Crippen molar-refractivity contribution in [2.45, 2.75) is 25.4 Å². The Kier molecular flexibility index (Phi) is 4.93. The van der Waals surface area contributed by atoms with E-state index in [2.05, 4.69) is 4.98 Å². The highest BCUT2D eigenvalue weighted by molar-refractivity contribution is 5.78. The van der Waals surface area contributed by atoms with Gasteiger partial charge in [-0.1, -0.05) is 18.2 Å². The van der Waals surface area contributed by atoms with Gasteiger partial charge in [-0.3, -0.25) is 4.79 Å². The van der Waals surface area contributed by atoms with Gasteiger partial charge in [0.15, 0.2) is 6.61 Å². The maximum Gasteiger partial charge on any atom is 0.260 e. The molecule has 0 aliphatic carbocycles. The van der Waals surface area contributed by atoms with Crippen molar-refractivity contribution in [2.24, 2.45) is 0 Å². The van der Waals surface area contributed by atoms with Gasteiger partial charge < -0.3 is 19.3 Å². The summed E-state index contributed by atoms with van der Waals surface area (Å²) in [6.45, 7) is 4.43. The molecule has 2 aliphatic rings. The maximum absolute atomic E-state index is 12.7. The molecule has 7 heteroatoms. The molecule has 1 aromatic heterocycles. The smallest absolute Gasteiger partial charge is 0.260 e. The molecule has 0 saturated carbocycles. The summed E-state index contributed by atoms with van der Waals surface area (Å²) in [4.78, 5) is 26.0. The van der Waals surface area contributed by atoms with Gasteiger partial charge in [0.25, 0.3) is 5.91 Å². The third kappa shape index (κ3) is 3.42. The second-order valence-electron chi connectivity index (χ2n) is 7.77. The second-order valence-corrected chi connectivity index (χ2v) is 7.77. The number of para-hydroxylation sites is 1. The minimum absolute atomic E-state index is 0.00790. The van der Waals surface area contributed by atoms with Crippen LogP contribution >= 0.6 is 0 Å². The Balaban J connectivity index is 1.52. The first-order valence-electron chi connectivity index (χ1n) is 9.57. The van der Waals surface area contributed by atoms with E-state index in [4.69, 9.17) is 14.5 Å². The first-order chi connectivity index (χ1) is 13.5. The van der Waals surface area contributed by atoms with Crippen LogP contribution < -0.4 is 9.64 Å². The standard InChI is InChI=1S/C21H26N4O3/c1-15-17-11-27-14-21(19(17)23-20(22-15)24(2)3)9-10-25(13-21)18(26)12-28-16-7-5-4-6-8-16/h4-8H,9-14H2,1-3H3/t21-/m1/s1. The van der Waals surface area contributed by atoms with Gasteiger partial charge in [0, 0.05) is 38.4 Å². The number of likely N-dealkylation sites (tertiary alicyclic amines) is 1. The molecule has 2 aliphatic heterocycles. The fraction of sp³-hybridized carbons (Fsp3) is 0.476. The van der Waals surface area contributed by atoms with Gasteiger partial charge in [0.2, 0.25) is 5.95 Å². The van der Waals surface area contributed by atoms with Crippen LogP contribution in [-0.2, 0) is 21.6 Å². The molecular formula is C21H26N4O3. The molecule has 1 fully saturated rings. The van der Waals surface area contributed by atoms with Gasteiger partial charge in [-0.15, -0.1) is 0 Å². The summed E-state index contributed by atoms with van der Waals surface area (Å²) >= 11 is 0. The van der Waals surface area contributed by atoms with Gasteiger partial charge in [0.05, 0.1) is 24.3 Å². The number of aryl methyl sites for hydroxylation is 1. The quantitative estimate of drug-likeness (QED) is 0.805. The Labute approximate surface area is 165 Å². The van der Waals surface area contributed by atoms with E-state index in [1.807, 2.05) is 61.2 Å². The van der Waals surface area contributed by atoms with E-state index in [0.717, 1.165) is 23.4 Å². The Hall–Kier alpha value is -2.67. The van der Waals surface area contributed by atoms with Crippen molar-refractivity contribution in [1.29, 1.82) is 0 Å². The van der Waals surface area contributed by atoms with Crippen LogP contribution in [0.15, 0.2) is 30.3 Å². The van der Waals surface area contributed by atoms with Crippen molar-refractivity contribution >= 4 is 11.9 Å². The van der Waals surface area contributed by atoms with Crippen LogP contribution in [0, 0.1) is 6.92 Å². The highest BCUT2D eigenvalue weighted by atomic mass is 16.5. The lowest BCUT2D eigenvalue weighted by Gasteiger charge is -2.35. The molecule has 2 aromatic rings. The maximum atomic E-state index is 12.7. The summed E-state index contributed by atoms with van der Waals surface area (Å²) < 4.78 is 11.5. The zero-order valence-electron chi connectivity index (χ0n) is 16.6. The van der Waals surface area contributed by atoms with E-state index in [-0.39, 0.29) is 17.9 Å². The van der Waals surface area contributed by atoms with Gasteiger partial charge in [-0.25, -0.2) is 9.97 Å². The largest absolute Gasteiger partial charge is 0.484 e. The molecule has 28 heavy (non-hydrogen) atoms. The van der Waals surface area contributed by atoms with E-state index < -0.39 is 0 Å². The third-order valence-corrected chi connectivity index (χ3v) is 5.54. The third-order valence-electron chi connectivity index (χ3n) is 5.54. The van der Waals surface area contributed by atoms with Crippen LogP contribution in [0.4, 0.5) is 5.95 Å². The number of benzene rings is 1. The Bertz CT molecular complexity index is 871. The van der Waals surface area contributed by atoms with Gasteiger partial charge >= 0.3 is 0 Å². The van der Waals surface area contributed by atoms with Gasteiger partial charge in [0.1, 0.15) is 5.75 Å². The number of rotatable bonds is 4. The number of hydrogen-bond donors (Lipinski definition) is 0. The molecule has 0 bridgehead atoms. The second kappa shape index (κ2) is 7.39. The molecule has 7 nitrogen and oxygen atoms in total. The van der Waals surface area contributed by atoms with Crippen LogP contribution in [0.1, 0.15) is 23.4 Å². The number of amides is 1. The Morgan fingerprint density at radius 3 is 2.82 bits per heavy atom. The topological polar surface area (TPSA) is 67.8 Å². The van der Waals surface area contributed by atoms with Crippen molar-refractivity contribution in [2.75, 3.05) is 45.3 Å². The SMILES string of the molecule is Cc1nc(N(C)C)nc2c1COC[C@]21CCN(C(=O)COc2ccccc2)C1. The molecule has 3 heterocycles. The summed E-state index contributed by atoms with van der Waals surface area (Å²) in [7, 11) is 3.89. The van der Waals surface area contributed by atoms with Crippen LogP contribution in [0.5, 0.6) is 5.75 Å². The Morgan fingerprint density at radius 1 is 1.29 bits per heavy atom. The highest BCUT2D eigenvalue weighted by Crippen LogP contribution is 2.40. The van der Waals surface area contributed by atoms with E-state index in [9.17, 15) is 4.79 Å². The number of hydrogen-bond acceptors (Lipinski definition) is 6. The fourth-order valence-corrected chi connectivity index (χ4v) is 3.96. The van der Waals surface area contributed by atoms with Crippen molar-refractivity contribution in [3.8, 4) is 5.75 Å². The highest BCUT2D eigenvalue weighted by Gasteiger charge is 2.46. The number of nitrogens with zero attached hydrogens (tertiary/aromatic N) is 4. The lowest BCUT2D eigenvalue weighted by molar-refractivity contribution is -0.132. The monoisotopic (exact) mass is 382 g/mol. The van der Waals surface area contributed by atoms with E-state index in [1.165, 1.54) is 0 Å². The molecule has 4 rings (SSSR count). The zero-order valence-corrected chi connectivity index (χ0v) is 16.6. The number of ether oxygens (including phenoxy) is 2. The fourth-order valence-electron chi connectivity index (χ4n) is 3.96. The predicted octanol–water partition coefficient (Wildman–Crippen LogP) is 1.93. The summed E-state index contributed by atoms with van der Waals surface area (Å²) in [6.07, 6.45) is 0.834. The first kappa shape index (κ1) is 18.7. The zero-order chi connectivity index (χ0) is 19.7. The van der Waals surface area contributed by atoms with Gasteiger partial charge in [-0.2, -0.15) is 0 Å². The van der Waals surface area contributed by atoms with Crippen LogP contribution in [0.2, 0.25) is 0 Å². The molecule has 148 valence electrons.